The van der Waals surface area contributed by atoms with Gasteiger partial charge in [0.25, 0.3) is 5.91 Å². The van der Waals surface area contributed by atoms with Crippen molar-refractivity contribution in [3.05, 3.63) is 59.1 Å². The minimum absolute atomic E-state index is 0.101. The summed E-state index contributed by atoms with van der Waals surface area (Å²) >= 11 is 6.21. The molecule has 25 heavy (non-hydrogen) atoms. The molecular formula is C18H17ClF2N2O2. The van der Waals surface area contributed by atoms with Gasteiger partial charge in [0.2, 0.25) is 0 Å². The number of anilines is 1. The maximum absolute atomic E-state index is 12.7. The third kappa shape index (κ3) is 4.02. The number of hydrogen-bond acceptors (Lipinski definition) is 3. The molecule has 0 aliphatic carbocycles. The van der Waals surface area contributed by atoms with Crippen LogP contribution in [0.5, 0.6) is 5.75 Å². The van der Waals surface area contributed by atoms with Gasteiger partial charge in [-0.2, -0.15) is 8.78 Å². The van der Waals surface area contributed by atoms with E-state index in [4.69, 9.17) is 11.6 Å². The van der Waals surface area contributed by atoms with E-state index in [-0.39, 0.29) is 17.2 Å². The lowest BCUT2D eigenvalue weighted by molar-refractivity contribution is -0.0502. The largest absolute Gasteiger partial charge is 0.434 e. The van der Waals surface area contributed by atoms with Crippen LogP contribution in [0.2, 0.25) is 5.02 Å². The van der Waals surface area contributed by atoms with Crippen molar-refractivity contribution in [2.75, 3.05) is 31.1 Å². The first-order valence-electron chi connectivity index (χ1n) is 7.89. The minimum Gasteiger partial charge on any atom is -0.434 e. The van der Waals surface area contributed by atoms with Crippen molar-refractivity contribution in [1.29, 1.82) is 0 Å². The lowest BCUT2D eigenvalue weighted by atomic mass is 10.1. The number of nitrogens with zero attached hydrogens (tertiary/aromatic N) is 2. The lowest BCUT2D eigenvalue weighted by Gasteiger charge is -2.36. The van der Waals surface area contributed by atoms with Crippen LogP contribution in [0.15, 0.2) is 48.5 Å². The number of alkyl halides is 2. The molecule has 0 saturated carbocycles. The summed E-state index contributed by atoms with van der Waals surface area (Å²) in [6, 6.07) is 13.6. The van der Waals surface area contributed by atoms with Crippen LogP contribution in [0.4, 0.5) is 14.5 Å². The molecule has 3 rings (SSSR count). The number of ether oxygens (including phenoxy) is 1. The first-order chi connectivity index (χ1) is 12.1. The smallest absolute Gasteiger partial charge is 0.387 e. The first-order valence-corrected chi connectivity index (χ1v) is 8.26. The Morgan fingerprint density at radius 3 is 2.32 bits per heavy atom. The van der Waals surface area contributed by atoms with Crippen molar-refractivity contribution >= 4 is 23.2 Å². The molecule has 1 amide bonds. The molecule has 0 unspecified atom stereocenters. The zero-order chi connectivity index (χ0) is 17.8. The van der Waals surface area contributed by atoms with Gasteiger partial charge in [-0.1, -0.05) is 35.9 Å². The van der Waals surface area contributed by atoms with Gasteiger partial charge in [0.15, 0.2) is 0 Å². The fourth-order valence-electron chi connectivity index (χ4n) is 2.87. The number of carbonyl (C=O) groups is 1. The molecule has 2 aromatic rings. The Bertz CT molecular complexity index is 749. The van der Waals surface area contributed by atoms with Crippen molar-refractivity contribution < 1.29 is 18.3 Å². The van der Waals surface area contributed by atoms with E-state index in [2.05, 4.69) is 9.64 Å². The molecule has 0 bridgehead atoms. The highest BCUT2D eigenvalue weighted by molar-refractivity contribution is 6.33. The van der Waals surface area contributed by atoms with Gasteiger partial charge in [-0.3, -0.25) is 4.79 Å². The molecule has 7 heteroatoms. The average molecular weight is 367 g/mol. The van der Waals surface area contributed by atoms with Gasteiger partial charge < -0.3 is 14.5 Å². The minimum atomic E-state index is -2.97. The molecule has 4 nitrogen and oxygen atoms in total. The van der Waals surface area contributed by atoms with Crippen LogP contribution in [0.3, 0.4) is 0 Å². The van der Waals surface area contributed by atoms with Crippen molar-refractivity contribution in [2.45, 2.75) is 6.61 Å². The summed E-state index contributed by atoms with van der Waals surface area (Å²) in [4.78, 5) is 16.4. The fourth-order valence-corrected chi connectivity index (χ4v) is 3.13. The number of para-hydroxylation sites is 2. The van der Waals surface area contributed by atoms with Gasteiger partial charge in [-0.15, -0.1) is 0 Å². The number of piperazine rings is 1. The summed E-state index contributed by atoms with van der Waals surface area (Å²) in [6.45, 7) is -0.771. The van der Waals surface area contributed by atoms with E-state index in [0.717, 1.165) is 5.69 Å². The van der Waals surface area contributed by atoms with Crippen molar-refractivity contribution in [2.24, 2.45) is 0 Å². The molecular weight excluding hydrogens is 350 g/mol. The van der Waals surface area contributed by atoms with E-state index in [0.29, 0.717) is 31.2 Å². The van der Waals surface area contributed by atoms with Gasteiger partial charge in [0, 0.05) is 26.2 Å². The second-order valence-corrected chi connectivity index (χ2v) is 6.01. The van der Waals surface area contributed by atoms with Crippen LogP contribution in [0.1, 0.15) is 10.4 Å². The van der Waals surface area contributed by atoms with Crippen molar-refractivity contribution in [3.8, 4) is 5.75 Å². The normalized spacial score (nSPS) is 14.7. The lowest BCUT2D eigenvalue weighted by Crippen LogP contribution is -2.49. The molecule has 1 aliphatic heterocycles. The zero-order valence-corrected chi connectivity index (χ0v) is 14.1. The van der Waals surface area contributed by atoms with Crippen molar-refractivity contribution in [1.82, 2.24) is 4.90 Å². The quantitative estimate of drug-likeness (QED) is 0.822. The van der Waals surface area contributed by atoms with Crippen LogP contribution >= 0.6 is 11.6 Å². The highest BCUT2D eigenvalue weighted by atomic mass is 35.5. The van der Waals surface area contributed by atoms with Gasteiger partial charge >= 0.3 is 6.61 Å². The fraction of sp³-hybridized carbons (Fsp3) is 0.278. The molecule has 2 aromatic carbocycles. The standard InChI is InChI=1S/C18H17ClF2N2O2/c19-14-6-2-3-7-15(14)22-9-11-23(12-10-22)17(24)13-5-1-4-8-16(13)25-18(20)21/h1-8,18H,9-12H2. The molecule has 0 aromatic heterocycles. The monoisotopic (exact) mass is 366 g/mol. The van der Waals surface area contributed by atoms with Gasteiger partial charge in [-0.05, 0) is 24.3 Å². The number of amides is 1. The molecule has 132 valence electrons. The van der Waals surface area contributed by atoms with Crippen molar-refractivity contribution in [3.63, 3.8) is 0 Å². The molecule has 1 fully saturated rings. The number of carbonyl (C=O) groups excluding carboxylic acids is 1. The van der Waals surface area contributed by atoms with Gasteiger partial charge in [0.05, 0.1) is 16.3 Å². The average Bonchev–Trinajstić information content (AvgIpc) is 2.62. The predicted molar refractivity (Wildman–Crippen MR) is 92.6 cm³/mol. The molecule has 0 radical (unpaired) electrons. The van der Waals surface area contributed by atoms with Crippen LogP contribution < -0.4 is 9.64 Å². The van der Waals surface area contributed by atoms with E-state index in [1.54, 1.807) is 17.0 Å². The SMILES string of the molecule is O=C(c1ccccc1OC(F)F)N1CCN(c2ccccc2Cl)CC1. The maximum atomic E-state index is 12.7. The number of benzene rings is 2. The summed E-state index contributed by atoms with van der Waals surface area (Å²) in [6.07, 6.45) is 0. The molecule has 0 N–H and O–H groups in total. The Morgan fingerprint density at radius 1 is 1.00 bits per heavy atom. The highest BCUT2D eigenvalue weighted by Crippen LogP contribution is 2.27. The van der Waals surface area contributed by atoms with E-state index in [1.807, 2.05) is 24.3 Å². The number of hydrogen-bond donors (Lipinski definition) is 0. The van der Waals surface area contributed by atoms with E-state index < -0.39 is 6.61 Å². The third-order valence-corrected chi connectivity index (χ3v) is 4.41. The molecule has 0 atom stereocenters. The summed E-state index contributed by atoms with van der Waals surface area (Å²) in [7, 11) is 0. The summed E-state index contributed by atoms with van der Waals surface area (Å²) in [5, 5.41) is 0.665. The summed E-state index contributed by atoms with van der Waals surface area (Å²) in [5.41, 5.74) is 1.08. The topological polar surface area (TPSA) is 32.8 Å². The third-order valence-electron chi connectivity index (χ3n) is 4.09. The van der Waals surface area contributed by atoms with Crippen LogP contribution in [-0.4, -0.2) is 43.6 Å². The Kier molecular flexibility index (Phi) is 5.38. The second-order valence-electron chi connectivity index (χ2n) is 5.61. The Hall–Kier alpha value is -2.34. The second kappa shape index (κ2) is 7.70. The molecule has 1 saturated heterocycles. The van der Waals surface area contributed by atoms with Crippen LogP contribution in [0, 0.1) is 0 Å². The summed E-state index contributed by atoms with van der Waals surface area (Å²) < 4.78 is 29.5. The Labute approximate surface area is 149 Å². The molecule has 0 spiro atoms. The highest BCUT2D eigenvalue weighted by Gasteiger charge is 2.25. The zero-order valence-electron chi connectivity index (χ0n) is 13.4. The molecule has 1 heterocycles. The van der Waals surface area contributed by atoms with E-state index in [1.165, 1.54) is 12.1 Å². The predicted octanol–water partition coefficient (Wildman–Crippen LogP) is 3.90. The first kappa shape index (κ1) is 17.5. The Balaban J connectivity index is 1.69. The summed E-state index contributed by atoms with van der Waals surface area (Å²) in [5.74, 6) is -0.411. The van der Waals surface area contributed by atoms with Crippen LogP contribution in [-0.2, 0) is 0 Å². The number of rotatable bonds is 4. The van der Waals surface area contributed by atoms with Gasteiger partial charge in [0.1, 0.15) is 5.75 Å². The van der Waals surface area contributed by atoms with E-state index >= 15 is 0 Å². The number of halogens is 3. The van der Waals surface area contributed by atoms with Crippen LogP contribution in [0.25, 0.3) is 0 Å². The Morgan fingerprint density at radius 2 is 1.64 bits per heavy atom. The van der Waals surface area contributed by atoms with Gasteiger partial charge in [-0.25, -0.2) is 0 Å². The van der Waals surface area contributed by atoms with E-state index in [9.17, 15) is 13.6 Å². The maximum Gasteiger partial charge on any atom is 0.387 e. The molecule has 1 aliphatic rings.